The molecule has 0 aliphatic heterocycles. The zero-order chi connectivity index (χ0) is 14.1. The number of H-pyrrole nitrogens is 1. The Bertz CT molecular complexity index is 744. The monoisotopic (exact) mass is 282 g/mol. The maximum Gasteiger partial charge on any atom is 0.0495 e. The third-order valence-electron chi connectivity index (χ3n) is 3.52. The molecule has 0 saturated carbocycles. The van der Waals surface area contributed by atoms with Gasteiger partial charge in [-0.1, -0.05) is 48.2 Å². The third kappa shape index (κ3) is 2.35. The summed E-state index contributed by atoms with van der Waals surface area (Å²) in [6.45, 7) is 4.15. The number of nitrogens with two attached hydrogens (primary N) is 1. The van der Waals surface area contributed by atoms with Crippen LogP contribution in [0.25, 0.3) is 10.9 Å². The van der Waals surface area contributed by atoms with E-state index in [1.54, 1.807) is 11.8 Å². The van der Waals surface area contributed by atoms with Gasteiger partial charge in [-0.3, -0.25) is 0 Å². The van der Waals surface area contributed by atoms with Gasteiger partial charge in [-0.25, -0.2) is 0 Å². The van der Waals surface area contributed by atoms with Crippen molar-refractivity contribution in [2.45, 2.75) is 29.7 Å². The maximum absolute atomic E-state index is 6.06. The van der Waals surface area contributed by atoms with Gasteiger partial charge in [-0.2, -0.15) is 0 Å². The first-order valence-corrected chi connectivity index (χ1v) is 7.57. The molecule has 0 amide bonds. The summed E-state index contributed by atoms with van der Waals surface area (Å²) >= 11 is 1.78. The molecule has 3 N–H and O–H groups in total. The Morgan fingerprint density at radius 1 is 1.05 bits per heavy atom. The zero-order valence-corrected chi connectivity index (χ0v) is 12.5. The summed E-state index contributed by atoms with van der Waals surface area (Å²) in [7, 11) is 0. The standard InChI is InChI=1S/C17H18N2S/c1-11-6-5-8-14-16(10-19-17(11)14)20-15-9-4-3-7-13(15)12(2)18/h3-10,12,19H,18H2,1-2H3. The molecule has 20 heavy (non-hydrogen) atoms. The molecule has 0 bridgehead atoms. The van der Waals surface area contributed by atoms with E-state index in [1.807, 2.05) is 13.0 Å². The van der Waals surface area contributed by atoms with E-state index in [4.69, 9.17) is 5.73 Å². The summed E-state index contributed by atoms with van der Waals surface area (Å²) in [5.41, 5.74) is 9.74. The summed E-state index contributed by atoms with van der Waals surface area (Å²) in [6, 6.07) is 14.8. The van der Waals surface area contributed by atoms with Crippen LogP contribution >= 0.6 is 11.8 Å². The Morgan fingerprint density at radius 2 is 1.85 bits per heavy atom. The molecular weight excluding hydrogens is 264 g/mol. The van der Waals surface area contributed by atoms with Crippen LogP contribution in [0.1, 0.15) is 24.1 Å². The molecule has 1 atom stereocenters. The summed E-state index contributed by atoms with van der Waals surface area (Å²) in [5.74, 6) is 0. The van der Waals surface area contributed by atoms with Crippen molar-refractivity contribution in [2.24, 2.45) is 5.73 Å². The van der Waals surface area contributed by atoms with Crippen molar-refractivity contribution >= 4 is 22.7 Å². The van der Waals surface area contributed by atoms with Gasteiger partial charge in [0.1, 0.15) is 0 Å². The highest BCUT2D eigenvalue weighted by Crippen LogP contribution is 2.37. The van der Waals surface area contributed by atoms with Crippen molar-refractivity contribution in [1.29, 1.82) is 0 Å². The lowest BCUT2D eigenvalue weighted by Crippen LogP contribution is -2.05. The van der Waals surface area contributed by atoms with E-state index in [-0.39, 0.29) is 6.04 Å². The van der Waals surface area contributed by atoms with Gasteiger partial charge in [0.05, 0.1) is 0 Å². The molecular formula is C17H18N2S. The Hall–Kier alpha value is -1.71. The average molecular weight is 282 g/mol. The molecule has 0 spiro atoms. The topological polar surface area (TPSA) is 41.8 Å². The highest BCUT2D eigenvalue weighted by molar-refractivity contribution is 7.99. The van der Waals surface area contributed by atoms with Crippen molar-refractivity contribution in [1.82, 2.24) is 4.98 Å². The summed E-state index contributed by atoms with van der Waals surface area (Å²) < 4.78 is 0. The molecule has 0 aliphatic carbocycles. The fourth-order valence-corrected chi connectivity index (χ4v) is 3.59. The van der Waals surface area contributed by atoms with Crippen LogP contribution in [0.15, 0.2) is 58.5 Å². The van der Waals surface area contributed by atoms with E-state index in [0.717, 1.165) is 0 Å². The van der Waals surface area contributed by atoms with E-state index in [9.17, 15) is 0 Å². The Morgan fingerprint density at radius 3 is 2.65 bits per heavy atom. The molecule has 3 rings (SSSR count). The van der Waals surface area contributed by atoms with E-state index in [1.165, 1.54) is 31.8 Å². The van der Waals surface area contributed by atoms with Crippen molar-refractivity contribution in [3.8, 4) is 0 Å². The number of hydrogen-bond acceptors (Lipinski definition) is 2. The van der Waals surface area contributed by atoms with Crippen LogP contribution in [-0.2, 0) is 0 Å². The first-order chi connectivity index (χ1) is 9.66. The number of hydrogen-bond donors (Lipinski definition) is 2. The van der Waals surface area contributed by atoms with E-state index < -0.39 is 0 Å². The largest absolute Gasteiger partial charge is 0.360 e. The normalized spacial score (nSPS) is 12.8. The van der Waals surface area contributed by atoms with Crippen LogP contribution in [0.2, 0.25) is 0 Å². The van der Waals surface area contributed by atoms with Crippen molar-refractivity contribution < 1.29 is 0 Å². The van der Waals surface area contributed by atoms with Gasteiger partial charge in [-0.15, -0.1) is 0 Å². The zero-order valence-electron chi connectivity index (χ0n) is 11.7. The maximum atomic E-state index is 6.06. The van der Waals surface area contributed by atoms with Crippen LogP contribution < -0.4 is 5.73 Å². The van der Waals surface area contributed by atoms with E-state index in [0.29, 0.717) is 0 Å². The van der Waals surface area contributed by atoms with Crippen molar-refractivity contribution in [2.75, 3.05) is 0 Å². The summed E-state index contributed by atoms with van der Waals surface area (Å²) in [4.78, 5) is 5.85. The fourth-order valence-electron chi connectivity index (χ4n) is 2.43. The molecule has 3 heteroatoms. The molecule has 1 unspecified atom stereocenters. The average Bonchev–Trinajstić information content (AvgIpc) is 2.84. The van der Waals surface area contributed by atoms with Gasteiger partial charge in [0.15, 0.2) is 0 Å². The van der Waals surface area contributed by atoms with Gasteiger partial charge >= 0.3 is 0 Å². The number of aromatic amines is 1. The number of aryl methyl sites for hydroxylation is 1. The second-order valence-electron chi connectivity index (χ2n) is 5.08. The molecule has 3 aromatic rings. The highest BCUT2D eigenvalue weighted by atomic mass is 32.2. The molecule has 0 radical (unpaired) electrons. The van der Waals surface area contributed by atoms with Crippen LogP contribution in [-0.4, -0.2) is 4.98 Å². The Balaban J connectivity index is 2.04. The smallest absolute Gasteiger partial charge is 0.0495 e. The summed E-state index contributed by atoms with van der Waals surface area (Å²) in [5, 5.41) is 1.27. The van der Waals surface area contributed by atoms with E-state index >= 15 is 0 Å². The molecule has 2 aromatic carbocycles. The lowest BCUT2D eigenvalue weighted by atomic mass is 10.1. The SMILES string of the molecule is Cc1cccc2c(Sc3ccccc3C(C)N)c[nH]c12. The van der Waals surface area contributed by atoms with Gasteiger partial charge in [0.2, 0.25) is 0 Å². The van der Waals surface area contributed by atoms with Crippen molar-refractivity contribution in [3.05, 3.63) is 59.8 Å². The van der Waals surface area contributed by atoms with Crippen molar-refractivity contribution in [3.63, 3.8) is 0 Å². The van der Waals surface area contributed by atoms with Gasteiger partial charge in [0.25, 0.3) is 0 Å². The Kier molecular flexibility index (Phi) is 3.55. The summed E-state index contributed by atoms with van der Waals surface area (Å²) in [6.07, 6.45) is 2.08. The predicted octanol–water partition coefficient (Wildman–Crippen LogP) is 4.65. The number of benzene rings is 2. The molecule has 1 aromatic heterocycles. The fraction of sp³-hybridized carbons (Fsp3) is 0.176. The predicted molar refractivity (Wildman–Crippen MR) is 86.2 cm³/mol. The first-order valence-electron chi connectivity index (χ1n) is 6.76. The molecule has 102 valence electrons. The number of aromatic nitrogens is 1. The minimum atomic E-state index is 0.0469. The minimum absolute atomic E-state index is 0.0469. The number of para-hydroxylation sites is 1. The third-order valence-corrected chi connectivity index (χ3v) is 4.66. The lowest BCUT2D eigenvalue weighted by molar-refractivity contribution is 0.797. The first kappa shape index (κ1) is 13.3. The number of rotatable bonds is 3. The molecule has 2 nitrogen and oxygen atoms in total. The highest BCUT2D eigenvalue weighted by Gasteiger charge is 2.11. The second-order valence-corrected chi connectivity index (χ2v) is 6.16. The van der Waals surface area contributed by atoms with Gasteiger partial charge in [-0.05, 0) is 31.0 Å². The molecule has 0 fully saturated rings. The molecule has 0 aliphatic rings. The van der Waals surface area contributed by atoms with Crippen LogP contribution in [0.5, 0.6) is 0 Å². The molecule has 1 heterocycles. The van der Waals surface area contributed by atoms with Gasteiger partial charge in [0, 0.05) is 32.9 Å². The van der Waals surface area contributed by atoms with Crippen LogP contribution in [0, 0.1) is 6.92 Å². The van der Waals surface area contributed by atoms with Crippen LogP contribution in [0.3, 0.4) is 0 Å². The van der Waals surface area contributed by atoms with Gasteiger partial charge < -0.3 is 10.7 Å². The Labute approximate surface area is 123 Å². The number of fused-ring (bicyclic) bond motifs is 1. The lowest BCUT2D eigenvalue weighted by Gasteiger charge is -2.11. The second kappa shape index (κ2) is 5.35. The quantitative estimate of drug-likeness (QED) is 0.734. The van der Waals surface area contributed by atoms with E-state index in [2.05, 4.69) is 54.5 Å². The number of nitrogens with one attached hydrogen (secondary N) is 1. The van der Waals surface area contributed by atoms with Crippen LogP contribution in [0.4, 0.5) is 0 Å². The molecule has 0 saturated heterocycles. The minimum Gasteiger partial charge on any atom is -0.360 e.